The Balaban J connectivity index is 1.28. The van der Waals surface area contributed by atoms with Crippen molar-refractivity contribution in [1.82, 2.24) is 19.5 Å². The number of hydrogen-bond acceptors (Lipinski definition) is 6. The van der Waals surface area contributed by atoms with Crippen LogP contribution in [0.25, 0.3) is 16.8 Å². The summed E-state index contributed by atoms with van der Waals surface area (Å²) in [6, 6.07) is 27.3. The molecule has 0 aliphatic carbocycles. The Kier molecular flexibility index (Phi) is 8.68. The average Bonchev–Trinajstić information content (AvgIpc) is 3.43. The van der Waals surface area contributed by atoms with Crippen molar-refractivity contribution >= 4 is 22.9 Å². The zero-order chi connectivity index (χ0) is 27.7. The summed E-state index contributed by atoms with van der Waals surface area (Å²) in [4.78, 5) is 20.3. The van der Waals surface area contributed by atoms with Crippen molar-refractivity contribution < 1.29 is 9.53 Å². The Morgan fingerprint density at radius 1 is 0.900 bits per heavy atom. The minimum absolute atomic E-state index is 0.280. The van der Waals surface area contributed by atoms with Crippen LogP contribution in [0.1, 0.15) is 29.9 Å². The molecule has 0 bridgehead atoms. The summed E-state index contributed by atoms with van der Waals surface area (Å²) in [6.07, 6.45) is 3.52. The lowest BCUT2D eigenvalue weighted by Crippen LogP contribution is -2.28. The van der Waals surface area contributed by atoms with Crippen LogP contribution in [0.3, 0.4) is 0 Å². The first-order chi connectivity index (χ1) is 19.6. The average molecular weight is 535 g/mol. The molecular weight excluding hydrogens is 500 g/mol. The first-order valence-electron chi connectivity index (χ1n) is 13.6. The van der Waals surface area contributed by atoms with Crippen LogP contribution in [0, 0.1) is 0 Å². The molecule has 0 saturated carbocycles. The summed E-state index contributed by atoms with van der Waals surface area (Å²) in [5.41, 5.74) is 5.41. The van der Waals surface area contributed by atoms with E-state index in [9.17, 15) is 4.79 Å². The second kappa shape index (κ2) is 12.9. The molecule has 0 spiro atoms. The number of benzene rings is 3. The van der Waals surface area contributed by atoms with E-state index >= 15 is 0 Å². The maximum Gasteiger partial charge on any atom is 0.274 e. The molecule has 3 aromatic carbocycles. The number of carbonyl (C=O) groups excluding carboxylic acids is 1. The lowest BCUT2D eigenvalue weighted by atomic mass is 10.1. The minimum atomic E-state index is -0.280. The molecule has 1 amide bonds. The number of rotatable bonds is 12. The van der Waals surface area contributed by atoms with Crippen molar-refractivity contribution in [2.45, 2.75) is 20.5 Å². The van der Waals surface area contributed by atoms with Gasteiger partial charge in [-0.05, 0) is 54.5 Å². The van der Waals surface area contributed by atoms with Crippen molar-refractivity contribution in [3.05, 3.63) is 109 Å². The van der Waals surface area contributed by atoms with Gasteiger partial charge in [0.05, 0.1) is 17.6 Å². The van der Waals surface area contributed by atoms with E-state index in [0.717, 1.165) is 54.3 Å². The zero-order valence-corrected chi connectivity index (χ0v) is 22.9. The fraction of sp³-hybridized carbons (Fsp3) is 0.219. The number of hydrogen-bond donors (Lipinski definition) is 2. The number of nitrogens with one attached hydrogen (secondary N) is 2. The van der Waals surface area contributed by atoms with Gasteiger partial charge in [0.2, 0.25) is 0 Å². The van der Waals surface area contributed by atoms with Crippen molar-refractivity contribution in [1.29, 1.82) is 0 Å². The lowest BCUT2D eigenvalue weighted by Gasteiger charge is -2.19. The molecular formula is C32H34N6O2. The van der Waals surface area contributed by atoms with Gasteiger partial charge < -0.3 is 20.3 Å². The van der Waals surface area contributed by atoms with Crippen LogP contribution in [0.2, 0.25) is 0 Å². The standard InChI is InChI=1S/C32H34N6O2/c1-3-37(4-2)21-19-33-28-12-8-9-13-29(28)36-32(39)30-18-20-38-31(35-30)27(22-34-38)25-14-16-26(17-15-25)40-23-24-10-6-5-7-11-24/h5-18,20,22,33H,3-4,19,21,23H2,1-2H3,(H,36,39). The number of para-hydroxylation sites is 2. The molecule has 0 atom stereocenters. The molecule has 40 heavy (non-hydrogen) atoms. The Bertz CT molecular complexity index is 1550. The van der Waals surface area contributed by atoms with Crippen molar-refractivity contribution in [3.8, 4) is 16.9 Å². The fourth-order valence-electron chi connectivity index (χ4n) is 4.49. The molecule has 0 fully saturated rings. The third kappa shape index (κ3) is 6.47. The van der Waals surface area contributed by atoms with Gasteiger partial charge in [-0.2, -0.15) is 5.10 Å². The largest absolute Gasteiger partial charge is 0.489 e. The molecule has 8 nitrogen and oxygen atoms in total. The van der Waals surface area contributed by atoms with Gasteiger partial charge in [-0.3, -0.25) is 4.79 Å². The number of ether oxygens (including phenoxy) is 1. The van der Waals surface area contributed by atoms with Gasteiger partial charge in [0.15, 0.2) is 5.65 Å². The number of amides is 1. The first kappa shape index (κ1) is 26.9. The maximum absolute atomic E-state index is 13.2. The van der Waals surface area contributed by atoms with Crippen molar-refractivity contribution in [2.75, 3.05) is 36.8 Å². The van der Waals surface area contributed by atoms with E-state index in [1.807, 2.05) is 78.9 Å². The van der Waals surface area contributed by atoms with Crippen LogP contribution in [0.4, 0.5) is 11.4 Å². The quantitative estimate of drug-likeness (QED) is 0.205. The number of aromatic nitrogens is 3. The molecule has 5 rings (SSSR count). The SMILES string of the molecule is CCN(CC)CCNc1ccccc1NC(=O)c1ccn2ncc(-c3ccc(OCc4ccccc4)cc3)c2n1. The summed E-state index contributed by atoms with van der Waals surface area (Å²) in [5, 5.41) is 10.9. The van der Waals surface area contributed by atoms with Gasteiger partial charge in [-0.15, -0.1) is 0 Å². The lowest BCUT2D eigenvalue weighted by molar-refractivity contribution is 0.102. The van der Waals surface area contributed by atoms with Crippen molar-refractivity contribution in [3.63, 3.8) is 0 Å². The van der Waals surface area contributed by atoms with E-state index in [1.165, 1.54) is 0 Å². The molecule has 0 aliphatic rings. The van der Waals surface area contributed by atoms with E-state index < -0.39 is 0 Å². The summed E-state index contributed by atoms with van der Waals surface area (Å²) in [5.74, 6) is 0.499. The van der Waals surface area contributed by atoms with Crippen LogP contribution in [0.15, 0.2) is 97.3 Å². The minimum Gasteiger partial charge on any atom is -0.489 e. The molecule has 8 heteroatoms. The van der Waals surface area contributed by atoms with E-state index in [1.54, 1.807) is 23.0 Å². The maximum atomic E-state index is 13.2. The van der Waals surface area contributed by atoms with Gasteiger partial charge in [-0.1, -0.05) is 68.4 Å². The highest BCUT2D eigenvalue weighted by molar-refractivity contribution is 6.05. The number of carbonyl (C=O) groups is 1. The molecule has 0 saturated heterocycles. The summed E-state index contributed by atoms with van der Waals surface area (Å²) >= 11 is 0. The molecule has 5 aromatic rings. The third-order valence-electron chi connectivity index (χ3n) is 6.83. The Morgan fingerprint density at radius 2 is 1.62 bits per heavy atom. The molecule has 0 aliphatic heterocycles. The smallest absolute Gasteiger partial charge is 0.274 e. The molecule has 0 radical (unpaired) electrons. The monoisotopic (exact) mass is 534 g/mol. The van der Waals surface area contributed by atoms with Crippen LogP contribution < -0.4 is 15.4 Å². The van der Waals surface area contributed by atoms with E-state index in [4.69, 9.17) is 4.74 Å². The number of anilines is 2. The van der Waals surface area contributed by atoms with E-state index in [0.29, 0.717) is 23.6 Å². The van der Waals surface area contributed by atoms with Gasteiger partial charge in [0.25, 0.3) is 5.91 Å². The molecule has 0 unspecified atom stereocenters. The second-order valence-corrected chi connectivity index (χ2v) is 9.39. The Labute approximate surface area is 234 Å². The number of nitrogens with zero attached hydrogens (tertiary/aromatic N) is 4. The summed E-state index contributed by atoms with van der Waals surface area (Å²) < 4.78 is 7.59. The third-order valence-corrected chi connectivity index (χ3v) is 6.83. The Hall–Kier alpha value is -4.69. The van der Waals surface area contributed by atoms with Crippen LogP contribution in [-0.4, -0.2) is 51.6 Å². The second-order valence-electron chi connectivity index (χ2n) is 9.39. The summed E-state index contributed by atoms with van der Waals surface area (Å²) in [7, 11) is 0. The highest BCUT2D eigenvalue weighted by Crippen LogP contribution is 2.27. The van der Waals surface area contributed by atoms with Crippen LogP contribution in [-0.2, 0) is 6.61 Å². The summed E-state index contributed by atoms with van der Waals surface area (Å²) in [6.45, 7) is 8.55. The van der Waals surface area contributed by atoms with Gasteiger partial charge in [-0.25, -0.2) is 9.50 Å². The fourth-order valence-corrected chi connectivity index (χ4v) is 4.49. The van der Waals surface area contributed by atoms with Crippen LogP contribution >= 0.6 is 0 Å². The normalized spacial score (nSPS) is 11.1. The van der Waals surface area contributed by atoms with Gasteiger partial charge in [0, 0.05) is 24.8 Å². The van der Waals surface area contributed by atoms with E-state index in [-0.39, 0.29) is 5.91 Å². The first-order valence-corrected chi connectivity index (χ1v) is 13.6. The van der Waals surface area contributed by atoms with E-state index in [2.05, 4.69) is 39.5 Å². The highest BCUT2D eigenvalue weighted by atomic mass is 16.5. The Morgan fingerprint density at radius 3 is 2.38 bits per heavy atom. The molecule has 204 valence electrons. The zero-order valence-electron chi connectivity index (χ0n) is 22.9. The highest BCUT2D eigenvalue weighted by Gasteiger charge is 2.15. The number of likely N-dealkylation sites (N-methyl/N-ethyl adjacent to an activating group) is 1. The predicted octanol–water partition coefficient (Wildman–Crippen LogP) is 5.98. The van der Waals surface area contributed by atoms with Crippen molar-refractivity contribution in [2.24, 2.45) is 0 Å². The molecule has 2 heterocycles. The van der Waals surface area contributed by atoms with Gasteiger partial charge in [0.1, 0.15) is 18.1 Å². The van der Waals surface area contributed by atoms with Crippen LogP contribution in [0.5, 0.6) is 5.75 Å². The van der Waals surface area contributed by atoms with Gasteiger partial charge >= 0.3 is 0 Å². The topological polar surface area (TPSA) is 83.8 Å². The molecule has 2 N–H and O–H groups in total. The predicted molar refractivity (Wildman–Crippen MR) is 160 cm³/mol. The number of fused-ring (bicyclic) bond motifs is 1. The molecule has 2 aromatic heterocycles.